The largest absolute Gasteiger partial charge is 0.493 e. The normalized spacial score (nSPS) is 11.9. The number of methoxy groups -OCH3 is 2. The van der Waals surface area contributed by atoms with E-state index in [1.165, 1.54) is 0 Å². The van der Waals surface area contributed by atoms with E-state index < -0.39 is 0 Å². The number of nitrogens with one attached hydrogen (secondary N) is 1. The molecule has 1 atom stereocenters. The number of hydrogen-bond donors (Lipinski definition) is 1. The molecule has 1 N–H and O–H groups in total. The van der Waals surface area contributed by atoms with Crippen molar-refractivity contribution in [3.63, 3.8) is 0 Å². The summed E-state index contributed by atoms with van der Waals surface area (Å²) >= 11 is 6.22. The summed E-state index contributed by atoms with van der Waals surface area (Å²) in [6.07, 6.45) is 1.65. The van der Waals surface area contributed by atoms with Crippen LogP contribution in [0.3, 0.4) is 0 Å². The summed E-state index contributed by atoms with van der Waals surface area (Å²) in [4.78, 5) is 17.2. The van der Waals surface area contributed by atoms with Crippen LogP contribution in [0.1, 0.15) is 34.5 Å². The highest BCUT2D eigenvalue weighted by Crippen LogP contribution is 2.33. The number of benzene rings is 2. The quantitative estimate of drug-likeness (QED) is 0.692. The fraction of sp³-hybridized carbons (Fsp3) is 0.238. The van der Waals surface area contributed by atoms with Gasteiger partial charge in [0.05, 0.1) is 36.4 Å². The van der Waals surface area contributed by atoms with Crippen LogP contribution in [0.25, 0.3) is 10.9 Å². The lowest BCUT2D eigenvalue weighted by Crippen LogP contribution is -2.27. The van der Waals surface area contributed by atoms with Gasteiger partial charge in [0.2, 0.25) is 0 Å². The molecule has 1 aromatic heterocycles. The van der Waals surface area contributed by atoms with Crippen LogP contribution in [-0.2, 0) is 0 Å². The first-order valence-corrected chi connectivity index (χ1v) is 8.90. The molecule has 2 aromatic carbocycles. The molecule has 3 rings (SSSR count). The first-order chi connectivity index (χ1) is 13.0. The van der Waals surface area contributed by atoms with Crippen molar-refractivity contribution in [2.24, 2.45) is 0 Å². The van der Waals surface area contributed by atoms with Gasteiger partial charge in [-0.3, -0.25) is 9.78 Å². The lowest BCUT2D eigenvalue weighted by atomic mass is 10.0. The molecular weight excluding hydrogens is 364 g/mol. The van der Waals surface area contributed by atoms with Crippen molar-refractivity contribution in [1.82, 2.24) is 10.3 Å². The van der Waals surface area contributed by atoms with E-state index in [4.69, 9.17) is 21.1 Å². The van der Waals surface area contributed by atoms with Crippen molar-refractivity contribution in [2.45, 2.75) is 19.9 Å². The molecule has 5 nitrogen and oxygen atoms in total. The maximum Gasteiger partial charge on any atom is 0.253 e. The highest BCUT2D eigenvalue weighted by molar-refractivity contribution is 6.36. The van der Waals surface area contributed by atoms with Gasteiger partial charge in [0, 0.05) is 11.6 Å². The van der Waals surface area contributed by atoms with Crippen LogP contribution in [0, 0.1) is 6.92 Å². The van der Waals surface area contributed by atoms with Gasteiger partial charge in [-0.05, 0) is 61.4 Å². The van der Waals surface area contributed by atoms with Gasteiger partial charge in [-0.15, -0.1) is 0 Å². The summed E-state index contributed by atoms with van der Waals surface area (Å²) in [7, 11) is 3.19. The molecule has 1 amide bonds. The van der Waals surface area contributed by atoms with Gasteiger partial charge >= 0.3 is 0 Å². The highest BCUT2D eigenvalue weighted by Gasteiger charge is 2.19. The number of ether oxygens (including phenoxy) is 2. The monoisotopic (exact) mass is 384 g/mol. The lowest BCUT2D eigenvalue weighted by molar-refractivity contribution is 0.0941. The fourth-order valence-corrected chi connectivity index (χ4v) is 3.35. The molecule has 0 bridgehead atoms. The number of aryl methyl sites for hydroxylation is 1. The van der Waals surface area contributed by atoms with Crippen molar-refractivity contribution in [1.29, 1.82) is 0 Å². The minimum atomic E-state index is -0.230. The second kappa shape index (κ2) is 7.84. The fourth-order valence-electron chi connectivity index (χ4n) is 3.14. The molecule has 1 heterocycles. The molecule has 0 radical (unpaired) electrons. The topological polar surface area (TPSA) is 60.5 Å². The van der Waals surface area contributed by atoms with E-state index in [2.05, 4.69) is 10.3 Å². The van der Waals surface area contributed by atoms with Crippen LogP contribution < -0.4 is 14.8 Å². The number of carbonyl (C=O) groups is 1. The van der Waals surface area contributed by atoms with E-state index in [1.807, 2.05) is 32.0 Å². The molecule has 1 unspecified atom stereocenters. The zero-order valence-corrected chi connectivity index (χ0v) is 16.4. The van der Waals surface area contributed by atoms with E-state index in [1.54, 1.807) is 38.6 Å². The number of nitrogens with zero attached hydrogens (tertiary/aromatic N) is 1. The van der Waals surface area contributed by atoms with Gasteiger partial charge in [-0.2, -0.15) is 0 Å². The Hall–Kier alpha value is -2.79. The van der Waals surface area contributed by atoms with Gasteiger partial charge in [-0.1, -0.05) is 11.6 Å². The maximum atomic E-state index is 12.9. The zero-order chi connectivity index (χ0) is 19.6. The SMILES string of the molecule is COc1cc(C)c(C(C)NC(=O)c2ccc(Cl)c3cccnc23)cc1OC. The van der Waals surface area contributed by atoms with Crippen LogP contribution >= 0.6 is 11.6 Å². The predicted octanol–water partition coefficient (Wildman–Crippen LogP) is 4.70. The Morgan fingerprint density at radius 3 is 2.56 bits per heavy atom. The number of fused-ring (bicyclic) bond motifs is 1. The van der Waals surface area contributed by atoms with Gasteiger partial charge in [-0.25, -0.2) is 0 Å². The molecular formula is C21H21ClN2O3. The first kappa shape index (κ1) is 19.0. The number of aromatic nitrogens is 1. The summed E-state index contributed by atoms with van der Waals surface area (Å²) in [5.41, 5.74) is 3.02. The summed E-state index contributed by atoms with van der Waals surface area (Å²) in [6.45, 7) is 3.90. The molecule has 0 aliphatic heterocycles. The van der Waals surface area contributed by atoms with Gasteiger partial charge < -0.3 is 14.8 Å². The minimum absolute atomic E-state index is 0.211. The Labute approximate surface area is 163 Å². The summed E-state index contributed by atoms with van der Waals surface area (Å²) in [5, 5.41) is 4.35. The Morgan fingerprint density at radius 2 is 1.85 bits per heavy atom. The molecule has 0 spiro atoms. The minimum Gasteiger partial charge on any atom is -0.493 e. The summed E-state index contributed by atoms with van der Waals surface area (Å²) < 4.78 is 10.7. The molecule has 140 valence electrons. The number of hydrogen-bond acceptors (Lipinski definition) is 4. The average molecular weight is 385 g/mol. The molecule has 0 aliphatic rings. The van der Waals surface area contributed by atoms with Crippen molar-refractivity contribution in [2.75, 3.05) is 14.2 Å². The summed E-state index contributed by atoms with van der Waals surface area (Å²) in [6, 6.07) is 10.6. The zero-order valence-electron chi connectivity index (χ0n) is 15.7. The van der Waals surface area contributed by atoms with Crippen LogP contribution in [0.4, 0.5) is 0 Å². The first-order valence-electron chi connectivity index (χ1n) is 8.53. The van der Waals surface area contributed by atoms with Gasteiger partial charge in [0.1, 0.15) is 0 Å². The Balaban J connectivity index is 1.92. The van der Waals surface area contributed by atoms with E-state index in [0.717, 1.165) is 16.5 Å². The Kier molecular flexibility index (Phi) is 5.51. The standard InChI is InChI=1S/C21H21ClN2O3/c1-12-10-18(26-3)19(27-4)11-16(12)13(2)24-21(25)15-7-8-17(22)14-6-5-9-23-20(14)15/h5-11,13H,1-4H3,(H,24,25). The molecule has 0 saturated heterocycles. The molecule has 27 heavy (non-hydrogen) atoms. The molecule has 6 heteroatoms. The second-order valence-corrected chi connectivity index (χ2v) is 6.66. The number of amides is 1. The van der Waals surface area contributed by atoms with Crippen LogP contribution in [-0.4, -0.2) is 25.1 Å². The average Bonchev–Trinajstić information content (AvgIpc) is 2.67. The van der Waals surface area contributed by atoms with Gasteiger partial charge in [0.25, 0.3) is 5.91 Å². The maximum absolute atomic E-state index is 12.9. The lowest BCUT2D eigenvalue weighted by Gasteiger charge is -2.19. The number of carbonyl (C=O) groups excluding carboxylic acids is 1. The van der Waals surface area contributed by atoms with Crippen molar-refractivity contribution in [3.05, 3.63) is 64.3 Å². The van der Waals surface area contributed by atoms with Crippen LogP contribution in [0.5, 0.6) is 11.5 Å². The molecule has 0 aliphatic carbocycles. The van der Waals surface area contributed by atoms with E-state index in [-0.39, 0.29) is 11.9 Å². The van der Waals surface area contributed by atoms with Crippen molar-refractivity contribution >= 4 is 28.4 Å². The van der Waals surface area contributed by atoms with E-state index in [9.17, 15) is 4.79 Å². The number of halogens is 1. The molecule has 0 saturated carbocycles. The van der Waals surface area contributed by atoms with Crippen LogP contribution in [0.15, 0.2) is 42.6 Å². The smallest absolute Gasteiger partial charge is 0.253 e. The Morgan fingerprint density at radius 1 is 1.15 bits per heavy atom. The van der Waals surface area contributed by atoms with E-state index in [0.29, 0.717) is 27.6 Å². The predicted molar refractivity (Wildman–Crippen MR) is 107 cm³/mol. The third-order valence-electron chi connectivity index (χ3n) is 4.55. The van der Waals surface area contributed by atoms with Crippen molar-refractivity contribution < 1.29 is 14.3 Å². The van der Waals surface area contributed by atoms with Gasteiger partial charge in [0.15, 0.2) is 11.5 Å². The summed E-state index contributed by atoms with van der Waals surface area (Å²) in [5.74, 6) is 1.07. The van der Waals surface area contributed by atoms with Crippen molar-refractivity contribution in [3.8, 4) is 11.5 Å². The Bertz CT molecular complexity index is 1000. The molecule has 3 aromatic rings. The van der Waals surface area contributed by atoms with E-state index >= 15 is 0 Å². The third kappa shape index (κ3) is 3.69. The number of rotatable bonds is 5. The highest BCUT2D eigenvalue weighted by atomic mass is 35.5. The number of pyridine rings is 1. The van der Waals surface area contributed by atoms with Crippen LogP contribution in [0.2, 0.25) is 5.02 Å². The third-order valence-corrected chi connectivity index (χ3v) is 4.88. The second-order valence-electron chi connectivity index (χ2n) is 6.25. The molecule has 0 fully saturated rings.